The number of nitrogens with one attached hydrogen (secondary N) is 1. The Morgan fingerprint density at radius 3 is 2.85 bits per heavy atom. The topological polar surface area (TPSA) is 68.4 Å². The van der Waals surface area contributed by atoms with E-state index in [9.17, 15) is 9.59 Å². The van der Waals surface area contributed by atoms with Crippen molar-refractivity contribution >= 4 is 22.5 Å². The van der Waals surface area contributed by atoms with Crippen LogP contribution in [0.4, 0.5) is 0 Å². The molecule has 1 aliphatic carbocycles. The Morgan fingerprint density at radius 1 is 1.27 bits per heavy atom. The molecule has 1 aromatic carbocycles. The fraction of sp³-hybridized carbons (Fsp3) is 0.450. The number of fused-ring (bicyclic) bond motifs is 3. The molecule has 2 aromatic heterocycles. The van der Waals surface area contributed by atoms with E-state index in [0.717, 1.165) is 23.0 Å². The summed E-state index contributed by atoms with van der Waals surface area (Å²) in [7, 11) is 0. The normalized spacial score (nSPS) is 20.5. The fourth-order valence-corrected chi connectivity index (χ4v) is 4.14. The lowest BCUT2D eigenvalue weighted by Gasteiger charge is -2.29. The third-order valence-electron chi connectivity index (χ3n) is 5.50. The predicted molar refractivity (Wildman–Crippen MR) is 101 cm³/mol. The molecule has 1 N–H and O–H groups in total. The molecule has 1 fully saturated rings. The molecule has 1 aliphatic rings. The average molecular weight is 352 g/mol. The number of carbonyl (C=O) groups excluding carboxylic acids is 1. The number of para-hydroxylation sites is 1. The zero-order valence-corrected chi connectivity index (χ0v) is 15.2. The summed E-state index contributed by atoms with van der Waals surface area (Å²) >= 11 is 0. The van der Waals surface area contributed by atoms with Gasteiger partial charge in [0.2, 0.25) is 5.91 Å². The minimum Gasteiger partial charge on any atom is -0.351 e. The maximum atomic E-state index is 12.8. The van der Waals surface area contributed by atoms with E-state index in [-0.39, 0.29) is 24.1 Å². The van der Waals surface area contributed by atoms with Crippen molar-refractivity contribution in [2.75, 3.05) is 0 Å². The molecule has 2 unspecified atom stereocenters. The number of carbonyl (C=O) groups is 1. The van der Waals surface area contributed by atoms with Crippen molar-refractivity contribution in [2.24, 2.45) is 5.92 Å². The van der Waals surface area contributed by atoms with E-state index >= 15 is 0 Å². The summed E-state index contributed by atoms with van der Waals surface area (Å²) in [5.74, 6) is 0.523. The van der Waals surface area contributed by atoms with Crippen LogP contribution in [0.1, 0.15) is 38.3 Å². The summed E-state index contributed by atoms with van der Waals surface area (Å²) in [6.07, 6.45) is 4.64. The van der Waals surface area contributed by atoms with Crippen LogP contribution in [0, 0.1) is 12.8 Å². The maximum Gasteiger partial charge on any atom is 0.273 e. The quantitative estimate of drug-likeness (QED) is 0.788. The standard InChI is InChI=1S/C20H24N4O2/c1-13-7-3-5-9-16(13)21-19(26)12-23-17-10-6-4-8-15(17)20-22-18(25)11-14(2)24(20)23/h4,6,8,10-11,13,16H,3,5,7,9,12H2,1-2H3,(H,21,26). The van der Waals surface area contributed by atoms with Crippen molar-refractivity contribution < 1.29 is 4.79 Å². The predicted octanol–water partition coefficient (Wildman–Crippen LogP) is 2.65. The first-order valence-electron chi connectivity index (χ1n) is 9.32. The number of hydrogen-bond acceptors (Lipinski definition) is 3. The first kappa shape index (κ1) is 16.8. The lowest BCUT2D eigenvalue weighted by molar-refractivity contribution is -0.123. The van der Waals surface area contributed by atoms with Gasteiger partial charge in [-0.2, -0.15) is 4.98 Å². The van der Waals surface area contributed by atoms with Crippen LogP contribution < -0.4 is 10.9 Å². The van der Waals surface area contributed by atoms with Crippen LogP contribution in [0.2, 0.25) is 0 Å². The first-order valence-corrected chi connectivity index (χ1v) is 9.32. The number of nitrogens with zero attached hydrogens (tertiary/aromatic N) is 3. The smallest absolute Gasteiger partial charge is 0.273 e. The van der Waals surface area contributed by atoms with Gasteiger partial charge in [-0.15, -0.1) is 0 Å². The molecule has 1 saturated carbocycles. The van der Waals surface area contributed by atoms with E-state index in [2.05, 4.69) is 17.2 Å². The van der Waals surface area contributed by atoms with Crippen LogP contribution >= 0.6 is 0 Å². The molecule has 26 heavy (non-hydrogen) atoms. The van der Waals surface area contributed by atoms with Gasteiger partial charge in [-0.3, -0.25) is 14.3 Å². The zero-order valence-electron chi connectivity index (χ0n) is 15.2. The van der Waals surface area contributed by atoms with Gasteiger partial charge in [0.1, 0.15) is 6.54 Å². The second-order valence-corrected chi connectivity index (χ2v) is 7.38. The average Bonchev–Trinajstić information content (AvgIpc) is 2.91. The summed E-state index contributed by atoms with van der Waals surface area (Å²) in [4.78, 5) is 28.8. The third-order valence-corrected chi connectivity index (χ3v) is 5.50. The third kappa shape index (κ3) is 2.89. The van der Waals surface area contributed by atoms with Crippen LogP contribution in [-0.4, -0.2) is 26.1 Å². The second-order valence-electron chi connectivity index (χ2n) is 7.38. The molecule has 0 bridgehead atoms. The van der Waals surface area contributed by atoms with Gasteiger partial charge in [0.25, 0.3) is 5.56 Å². The van der Waals surface area contributed by atoms with Crippen LogP contribution in [0.15, 0.2) is 35.1 Å². The van der Waals surface area contributed by atoms with Gasteiger partial charge < -0.3 is 5.32 Å². The van der Waals surface area contributed by atoms with Gasteiger partial charge in [0, 0.05) is 23.2 Å². The zero-order chi connectivity index (χ0) is 18.3. The molecular formula is C20H24N4O2. The van der Waals surface area contributed by atoms with Crippen LogP contribution in [-0.2, 0) is 11.3 Å². The van der Waals surface area contributed by atoms with E-state index < -0.39 is 0 Å². The maximum absolute atomic E-state index is 12.8. The summed E-state index contributed by atoms with van der Waals surface area (Å²) in [6, 6.07) is 9.52. The fourth-order valence-electron chi connectivity index (χ4n) is 4.14. The van der Waals surface area contributed by atoms with Crippen molar-refractivity contribution in [3.8, 4) is 0 Å². The minimum absolute atomic E-state index is 0.00417. The van der Waals surface area contributed by atoms with E-state index in [1.54, 1.807) is 0 Å². The van der Waals surface area contributed by atoms with Crippen molar-refractivity contribution in [2.45, 2.75) is 52.1 Å². The monoisotopic (exact) mass is 352 g/mol. The summed E-state index contributed by atoms with van der Waals surface area (Å²) in [5.41, 5.74) is 2.02. The Kier molecular flexibility index (Phi) is 4.26. The van der Waals surface area contributed by atoms with Gasteiger partial charge >= 0.3 is 0 Å². The van der Waals surface area contributed by atoms with E-state index in [0.29, 0.717) is 11.6 Å². The van der Waals surface area contributed by atoms with Crippen LogP contribution in [0.25, 0.3) is 16.6 Å². The van der Waals surface area contributed by atoms with Gasteiger partial charge in [0.15, 0.2) is 5.65 Å². The largest absolute Gasteiger partial charge is 0.351 e. The molecular weight excluding hydrogens is 328 g/mol. The van der Waals surface area contributed by atoms with Gasteiger partial charge in [-0.25, -0.2) is 4.52 Å². The summed E-state index contributed by atoms with van der Waals surface area (Å²) in [5, 5.41) is 4.09. The minimum atomic E-state index is -0.258. The molecule has 3 aromatic rings. The highest BCUT2D eigenvalue weighted by Gasteiger charge is 2.23. The van der Waals surface area contributed by atoms with Gasteiger partial charge in [-0.05, 0) is 37.8 Å². The van der Waals surface area contributed by atoms with Crippen LogP contribution in [0.5, 0.6) is 0 Å². The molecule has 136 valence electrons. The molecule has 6 heteroatoms. The van der Waals surface area contributed by atoms with E-state index in [4.69, 9.17) is 0 Å². The van der Waals surface area contributed by atoms with Crippen molar-refractivity contribution in [1.82, 2.24) is 19.5 Å². The Balaban J connectivity index is 1.73. The van der Waals surface area contributed by atoms with Gasteiger partial charge in [-0.1, -0.05) is 31.9 Å². The first-order chi connectivity index (χ1) is 12.5. The Hall–Kier alpha value is -2.63. The number of benzene rings is 1. The summed E-state index contributed by atoms with van der Waals surface area (Å²) < 4.78 is 3.78. The Bertz CT molecular complexity index is 1030. The number of aromatic nitrogens is 3. The van der Waals surface area contributed by atoms with Crippen molar-refractivity contribution in [1.29, 1.82) is 0 Å². The number of amides is 1. The number of rotatable bonds is 3. The highest BCUT2D eigenvalue weighted by Crippen LogP contribution is 2.24. The molecule has 2 atom stereocenters. The van der Waals surface area contributed by atoms with Crippen molar-refractivity contribution in [3.05, 3.63) is 46.4 Å². The Morgan fingerprint density at radius 2 is 2.04 bits per heavy atom. The number of aryl methyl sites for hydroxylation is 1. The second kappa shape index (κ2) is 6.59. The van der Waals surface area contributed by atoms with E-state index in [1.807, 2.05) is 40.4 Å². The lowest BCUT2D eigenvalue weighted by atomic mass is 9.86. The summed E-state index contributed by atoms with van der Waals surface area (Å²) in [6.45, 7) is 4.29. The SMILES string of the molecule is Cc1cc(=O)nc2c3ccccc3n(CC(=O)NC3CCCCC3C)n12. The molecule has 1 amide bonds. The highest BCUT2D eigenvalue weighted by atomic mass is 16.2. The molecule has 0 spiro atoms. The van der Waals surface area contributed by atoms with Crippen molar-refractivity contribution in [3.63, 3.8) is 0 Å². The molecule has 2 heterocycles. The highest BCUT2D eigenvalue weighted by molar-refractivity contribution is 5.93. The van der Waals surface area contributed by atoms with Gasteiger partial charge in [0.05, 0.1) is 5.52 Å². The lowest BCUT2D eigenvalue weighted by Crippen LogP contribution is -2.42. The van der Waals surface area contributed by atoms with E-state index in [1.165, 1.54) is 25.3 Å². The molecule has 6 nitrogen and oxygen atoms in total. The Labute approximate surface area is 151 Å². The molecule has 0 aliphatic heterocycles. The molecule has 0 saturated heterocycles. The van der Waals surface area contributed by atoms with Crippen LogP contribution in [0.3, 0.4) is 0 Å². The molecule has 4 rings (SSSR count). The molecule has 0 radical (unpaired) electrons. The number of hydrogen-bond donors (Lipinski definition) is 1.